The van der Waals surface area contributed by atoms with Crippen LogP contribution in [0.2, 0.25) is 0 Å². The predicted octanol–water partition coefficient (Wildman–Crippen LogP) is 2.33. The topological polar surface area (TPSA) is 102 Å². The molecule has 20 heavy (non-hydrogen) atoms. The fraction of sp³-hybridized carbons (Fsp3) is 0.0909. The summed E-state index contributed by atoms with van der Waals surface area (Å²) in [6.07, 6.45) is 1.43. The Labute approximate surface area is 124 Å². The highest BCUT2D eigenvalue weighted by Crippen LogP contribution is 2.19. The molecule has 2 aromatic heterocycles. The van der Waals surface area contributed by atoms with E-state index in [4.69, 9.17) is 5.11 Å². The number of rotatable bonds is 4. The molecule has 0 unspecified atom stereocenters. The summed E-state index contributed by atoms with van der Waals surface area (Å²) in [4.78, 5) is 33.5. The molecular formula is C11H7BrN2O5S. The zero-order valence-electron chi connectivity index (χ0n) is 9.78. The summed E-state index contributed by atoms with van der Waals surface area (Å²) in [5, 5.41) is 19.6. The first kappa shape index (κ1) is 14.4. The van der Waals surface area contributed by atoms with Gasteiger partial charge in [-0.15, -0.1) is 11.3 Å². The summed E-state index contributed by atoms with van der Waals surface area (Å²) >= 11 is 4.12. The summed E-state index contributed by atoms with van der Waals surface area (Å²) in [6, 6.07) is 4.14. The SMILES string of the molecule is O=C(O)c1ccc(Cn2cc(Br)cc([N+](=O)[O-])c2=O)s1. The third kappa shape index (κ3) is 2.94. The van der Waals surface area contributed by atoms with Gasteiger partial charge in [0, 0.05) is 21.6 Å². The summed E-state index contributed by atoms with van der Waals surface area (Å²) in [6.45, 7) is 0.0804. The maximum absolute atomic E-state index is 11.9. The second kappa shape index (κ2) is 5.55. The van der Waals surface area contributed by atoms with Crippen molar-refractivity contribution in [3.63, 3.8) is 0 Å². The Morgan fingerprint density at radius 2 is 2.20 bits per heavy atom. The van der Waals surface area contributed by atoms with E-state index in [1.54, 1.807) is 6.07 Å². The van der Waals surface area contributed by atoms with Gasteiger partial charge in [-0.1, -0.05) is 0 Å². The molecule has 0 radical (unpaired) electrons. The monoisotopic (exact) mass is 358 g/mol. The second-order valence-corrected chi connectivity index (χ2v) is 5.89. The van der Waals surface area contributed by atoms with E-state index in [2.05, 4.69) is 15.9 Å². The summed E-state index contributed by atoms with van der Waals surface area (Å²) < 4.78 is 1.57. The van der Waals surface area contributed by atoms with Crippen LogP contribution in [-0.4, -0.2) is 20.6 Å². The van der Waals surface area contributed by atoms with Crippen LogP contribution in [0.25, 0.3) is 0 Å². The molecule has 2 aromatic rings. The third-order valence-corrected chi connectivity index (χ3v) is 3.92. The lowest BCUT2D eigenvalue weighted by atomic mass is 10.3. The molecule has 0 saturated heterocycles. The molecule has 0 aliphatic heterocycles. The number of aromatic carboxylic acids is 1. The van der Waals surface area contributed by atoms with Crippen LogP contribution in [0.1, 0.15) is 14.5 Å². The van der Waals surface area contributed by atoms with Gasteiger partial charge in [0.25, 0.3) is 0 Å². The Kier molecular flexibility index (Phi) is 4.00. The van der Waals surface area contributed by atoms with Gasteiger partial charge in [0.05, 0.1) is 11.5 Å². The van der Waals surface area contributed by atoms with Crippen molar-refractivity contribution in [3.8, 4) is 0 Å². The van der Waals surface area contributed by atoms with Gasteiger partial charge in [-0.05, 0) is 28.1 Å². The number of hydrogen-bond donors (Lipinski definition) is 1. The van der Waals surface area contributed by atoms with Crippen LogP contribution < -0.4 is 5.56 Å². The number of halogens is 1. The zero-order valence-corrected chi connectivity index (χ0v) is 12.2. The minimum atomic E-state index is -1.05. The highest BCUT2D eigenvalue weighted by atomic mass is 79.9. The average Bonchev–Trinajstić information content (AvgIpc) is 2.81. The molecule has 0 spiro atoms. The first-order valence-corrected chi connectivity index (χ1v) is 6.86. The molecule has 0 saturated carbocycles. The van der Waals surface area contributed by atoms with Gasteiger partial charge < -0.3 is 9.67 Å². The number of nitro groups is 1. The molecule has 0 fully saturated rings. The first-order valence-electron chi connectivity index (χ1n) is 5.25. The predicted molar refractivity (Wildman–Crippen MR) is 75.4 cm³/mol. The molecule has 2 heterocycles. The molecular weight excluding hydrogens is 352 g/mol. The van der Waals surface area contributed by atoms with E-state index in [1.165, 1.54) is 16.8 Å². The van der Waals surface area contributed by atoms with Crippen molar-refractivity contribution in [3.05, 3.63) is 59.1 Å². The van der Waals surface area contributed by atoms with Crippen LogP contribution >= 0.6 is 27.3 Å². The van der Waals surface area contributed by atoms with Gasteiger partial charge in [0.2, 0.25) is 0 Å². The van der Waals surface area contributed by atoms with Gasteiger partial charge >= 0.3 is 17.2 Å². The number of nitrogens with zero attached hydrogens (tertiary/aromatic N) is 2. The number of carbonyl (C=O) groups is 1. The van der Waals surface area contributed by atoms with E-state index >= 15 is 0 Å². The third-order valence-electron chi connectivity index (χ3n) is 2.43. The Hall–Kier alpha value is -2.00. The van der Waals surface area contributed by atoms with Gasteiger partial charge in [-0.3, -0.25) is 14.9 Å². The van der Waals surface area contributed by atoms with Crippen molar-refractivity contribution < 1.29 is 14.8 Å². The molecule has 1 N–H and O–H groups in total. The minimum Gasteiger partial charge on any atom is -0.477 e. The summed E-state index contributed by atoms with van der Waals surface area (Å²) in [5.74, 6) is -1.05. The van der Waals surface area contributed by atoms with Crippen molar-refractivity contribution in [1.82, 2.24) is 4.57 Å². The molecule has 104 valence electrons. The van der Waals surface area contributed by atoms with Gasteiger partial charge in [0.15, 0.2) is 0 Å². The van der Waals surface area contributed by atoms with Crippen molar-refractivity contribution in [1.29, 1.82) is 0 Å². The van der Waals surface area contributed by atoms with Crippen molar-refractivity contribution in [2.24, 2.45) is 0 Å². The minimum absolute atomic E-state index is 0.0804. The normalized spacial score (nSPS) is 10.4. The molecule has 0 aliphatic rings. The van der Waals surface area contributed by atoms with Crippen molar-refractivity contribution >= 4 is 38.9 Å². The van der Waals surface area contributed by atoms with E-state index in [9.17, 15) is 19.7 Å². The van der Waals surface area contributed by atoms with E-state index in [0.29, 0.717) is 9.35 Å². The van der Waals surface area contributed by atoms with E-state index in [0.717, 1.165) is 17.4 Å². The summed E-state index contributed by atoms with van der Waals surface area (Å²) in [5.41, 5.74) is -1.27. The highest BCUT2D eigenvalue weighted by Gasteiger charge is 2.16. The van der Waals surface area contributed by atoms with Crippen LogP contribution in [0.15, 0.2) is 33.7 Å². The number of thiophene rings is 1. The molecule has 0 aromatic carbocycles. The fourth-order valence-corrected chi connectivity index (χ4v) is 2.89. The second-order valence-electron chi connectivity index (χ2n) is 3.80. The largest absolute Gasteiger partial charge is 0.477 e. The summed E-state index contributed by atoms with van der Waals surface area (Å²) in [7, 11) is 0. The van der Waals surface area contributed by atoms with Gasteiger partial charge in [0.1, 0.15) is 4.88 Å². The van der Waals surface area contributed by atoms with E-state index < -0.39 is 22.1 Å². The van der Waals surface area contributed by atoms with Crippen molar-refractivity contribution in [2.75, 3.05) is 0 Å². The lowest BCUT2D eigenvalue weighted by Gasteiger charge is -2.04. The zero-order chi connectivity index (χ0) is 14.9. The van der Waals surface area contributed by atoms with Gasteiger partial charge in [-0.25, -0.2) is 4.79 Å². The molecule has 0 aliphatic carbocycles. The maximum Gasteiger partial charge on any atom is 0.345 e. The molecule has 0 bridgehead atoms. The number of hydrogen-bond acceptors (Lipinski definition) is 5. The van der Waals surface area contributed by atoms with Crippen LogP contribution in [0.4, 0.5) is 5.69 Å². The lowest BCUT2D eigenvalue weighted by molar-refractivity contribution is -0.386. The molecule has 0 atom stereocenters. The number of carboxylic acids is 1. The lowest BCUT2D eigenvalue weighted by Crippen LogP contribution is -2.22. The number of pyridine rings is 1. The molecule has 2 rings (SSSR count). The number of carboxylic acid groups (broad SMARTS) is 1. The quantitative estimate of drug-likeness (QED) is 0.667. The van der Waals surface area contributed by atoms with Crippen LogP contribution in [0, 0.1) is 10.1 Å². The van der Waals surface area contributed by atoms with Gasteiger partial charge in [-0.2, -0.15) is 0 Å². The van der Waals surface area contributed by atoms with Crippen LogP contribution in [-0.2, 0) is 6.54 Å². The fourth-order valence-electron chi connectivity index (χ4n) is 1.58. The Balaban J connectivity index is 2.40. The Bertz CT molecular complexity index is 752. The maximum atomic E-state index is 11.9. The van der Waals surface area contributed by atoms with E-state index in [1.807, 2.05) is 0 Å². The van der Waals surface area contributed by atoms with Crippen LogP contribution in [0.5, 0.6) is 0 Å². The molecule has 0 amide bonds. The Morgan fingerprint density at radius 3 is 2.75 bits per heavy atom. The van der Waals surface area contributed by atoms with Crippen molar-refractivity contribution in [2.45, 2.75) is 6.54 Å². The first-order chi connectivity index (χ1) is 9.38. The number of aromatic nitrogens is 1. The smallest absolute Gasteiger partial charge is 0.345 e. The van der Waals surface area contributed by atoms with Crippen LogP contribution in [0.3, 0.4) is 0 Å². The highest BCUT2D eigenvalue weighted by molar-refractivity contribution is 9.10. The van der Waals surface area contributed by atoms with E-state index in [-0.39, 0.29) is 11.4 Å². The standard InChI is InChI=1S/C11H7BrN2O5S/c12-6-3-8(14(18)19)10(15)13(4-6)5-7-1-2-9(20-7)11(16)17/h1-4H,5H2,(H,16,17). The Morgan fingerprint density at radius 1 is 1.50 bits per heavy atom. The average molecular weight is 359 g/mol. The molecule has 9 heteroatoms. The molecule has 7 nitrogen and oxygen atoms in total.